The molecule has 0 aromatic heterocycles. The SMILES string of the molecule is C.CC(C)C(=O)CC(=O)ON1C(=O)CC(C)C1=O.CC(C)C(=O)CC(=O)ON1C(=O)CCC1=O.CC(C)CC(=O)ON1C(=O)CC(C)C1=O.CC(C)CC(=O)ON1C(=O)CCC1=O. The van der Waals surface area contributed by atoms with E-state index in [1.807, 2.05) is 27.7 Å². The minimum Gasteiger partial charge on any atom is -0.330 e. The van der Waals surface area contributed by atoms with Crippen molar-refractivity contribution in [1.29, 1.82) is 0 Å². The van der Waals surface area contributed by atoms with Gasteiger partial charge in [-0.25, -0.2) is 19.2 Å². The summed E-state index contributed by atoms with van der Waals surface area (Å²) in [5, 5.41) is 2.07. The fourth-order valence-corrected chi connectivity index (χ4v) is 4.92. The molecule has 22 nitrogen and oxygen atoms in total. The molecule has 0 bridgehead atoms. The zero-order chi connectivity index (χ0) is 47.8. The standard InChI is InChI=1S/C11H15NO5.C10H13NO5.C10H15NO4.C9H13NO4.CH4/c1-6(2)8(13)5-10(15)17-12-9(14)4-7(3)11(12)16;1-6(2)7(12)5-10(15)16-11-8(13)3-4-9(11)14;1-6(2)4-9(13)15-11-8(12)5-7(3)10(11)14;1-6(2)5-9(13)14-10-7(11)3-4-8(10)12;/h6-7H,4-5H2,1-3H3;6H,3-5H2,1-2H3;6-7H,4-5H2,1-3H3;6H,3-5H2,1-2H3;1H4. The summed E-state index contributed by atoms with van der Waals surface area (Å²) in [4.78, 5) is 175. The van der Waals surface area contributed by atoms with E-state index in [9.17, 15) is 67.1 Å². The Hall–Kier alpha value is -6.22. The summed E-state index contributed by atoms with van der Waals surface area (Å²) in [6, 6.07) is 0. The summed E-state index contributed by atoms with van der Waals surface area (Å²) in [6.07, 6.45) is 0.0639. The van der Waals surface area contributed by atoms with E-state index in [2.05, 4.69) is 14.5 Å². The Balaban J connectivity index is 0.000000811. The fourth-order valence-electron chi connectivity index (χ4n) is 4.92. The number of nitrogens with zero attached hydrogens (tertiary/aromatic N) is 4. The van der Waals surface area contributed by atoms with E-state index in [4.69, 9.17) is 4.84 Å². The van der Waals surface area contributed by atoms with Crippen LogP contribution in [0.4, 0.5) is 0 Å². The van der Waals surface area contributed by atoms with Crippen LogP contribution < -0.4 is 0 Å². The fraction of sp³-hybridized carbons (Fsp3) is 0.659. The lowest BCUT2D eigenvalue weighted by Crippen LogP contribution is -2.34. The van der Waals surface area contributed by atoms with Gasteiger partial charge in [0.05, 0.1) is 12.8 Å². The molecule has 0 radical (unpaired) electrons. The summed E-state index contributed by atoms with van der Waals surface area (Å²) in [5.41, 5.74) is 0. The van der Waals surface area contributed by atoms with Gasteiger partial charge in [-0.05, 0) is 11.8 Å². The summed E-state index contributed by atoms with van der Waals surface area (Å²) < 4.78 is 0. The van der Waals surface area contributed by atoms with E-state index in [1.54, 1.807) is 41.5 Å². The summed E-state index contributed by atoms with van der Waals surface area (Å²) >= 11 is 0. The molecule has 22 heteroatoms. The molecule has 4 fully saturated rings. The highest BCUT2D eigenvalue weighted by molar-refractivity contribution is 6.05. The lowest BCUT2D eigenvalue weighted by atomic mass is 10.1. The van der Waals surface area contributed by atoms with E-state index in [1.165, 1.54) is 0 Å². The predicted octanol–water partition coefficient (Wildman–Crippen LogP) is 2.83. The molecule has 2 unspecified atom stereocenters. The third kappa shape index (κ3) is 19.2. The van der Waals surface area contributed by atoms with Gasteiger partial charge in [0.1, 0.15) is 24.4 Å². The largest absolute Gasteiger partial charge is 0.340 e. The van der Waals surface area contributed by atoms with Crippen LogP contribution in [0.2, 0.25) is 0 Å². The number of hydrogen-bond acceptors (Lipinski definition) is 18. The maximum Gasteiger partial charge on any atom is 0.340 e. The Morgan fingerprint density at radius 2 is 0.698 bits per heavy atom. The third-order valence-electron chi connectivity index (χ3n) is 8.52. The van der Waals surface area contributed by atoms with Crippen LogP contribution in [-0.4, -0.2) is 103 Å². The second-order valence-electron chi connectivity index (χ2n) is 16.1. The van der Waals surface area contributed by atoms with Gasteiger partial charge < -0.3 is 19.4 Å². The van der Waals surface area contributed by atoms with E-state index in [0.717, 1.165) is 0 Å². The molecule has 4 heterocycles. The lowest BCUT2D eigenvalue weighted by Gasteiger charge is -2.13. The molecule has 63 heavy (non-hydrogen) atoms. The highest BCUT2D eigenvalue weighted by atomic mass is 16.7. The van der Waals surface area contributed by atoms with Gasteiger partial charge in [0, 0.05) is 62.2 Å². The van der Waals surface area contributed by atoms with Gasteiger partial charge in [0.25, 0.3) is 47.3 Å². The van der Waals surface area contributed by atoms with E-state index < -0.39 is 89.9 Å². The number of hydroxylamine groups is 8. The maximum atomic E-state index is 11.4. The van der Waals surface area contributed by atoms with Gasteiger partial charge in [-0.2, -0.15) is 0 Å². The number of carbonyl (C=O) groups excluding carboxylic acids is 14. The normalized spacial score (nSPS) is 18.2. The summed E-state index contributed by atoms with van der Waals surface area (Å²) in [5.74, 6) is -8.47. The molecule has 0 N–H and O–H groups in total. The molecule has 0 spiro atoms. The Morgan fingerprint density at radius 3 is 0.937 bits per heavy atom. The maximum absolute atomic E-state index is 11.4. The van der Waals surface area contributed by atoms with E-state index >= 15 is 0 Å². The molecule has 4 saturated heterocycles. The molecule has 4 aliphatic heterocycles. The van der Waals surface area contributed by atoms with Crippen molar-refractivity contribution in [3.63, 3.8) is 0 Å². The number of amides is 8. The quantitative estimate of drug-likeness (QED) is 0.179. The van der Waals surface area contributed by atoms with Gasteiger partial charge in [-0.1, -0.05) is 76.7 Å². The number of ketones is 2. The molecule has 352 valence electrons. The number of rotatable bonds is 14. The first-order valence-electron chi connectivity index (χ1n) is 20.0. The van der Waals surface area contributed by atoms with Crippen molar-refractivity contribution in [1.82, 2.24) is 20.3 Å². The summed E-state index contributed by atoms with van der Waals surface area (Å²) in [6.45, 7) is 17.3. The molecule has 0 aromatic rings. The minimum atomic E-state index is -0.875. The molecule has 4 aliphatic rings. The molecule has 2 atom stereocenters. The first kappa shape index (κ1) is 56.8. The molecule has 0 aromatic carbocycles. The van der Waals surface area contributed by atoms with Gasteiger partial charge in [0.2, 0.25) is 0 Å². The van der Waals surface area contributed by atoms with Crippen LogP contribution in [0.1, 0.15) is 141 Å². The van der Waals surface area contributed by atoms with Gasteiger partial charge in [-0.3, -0.25) is 47.9 Å². The summed E-state index contributed by atoms with van der Waals surface area (Å²) in [7, 11) is 0. The predicted molar refractivity (Wildman–Crippen MR) is 212 cm³/mol. The zero-order valence-electron chi connectivity index (χ0n) is 36.7. The average Bonchev–Trinajstić information content (AvgIpc) is 3.80. The number of hydrogen-bond donors (Lipinski definition) is 0. The number of carbonyl (C=O) groups is 14. The molecular formula is C41H60N4O18. The number of Topliss-reactive ketones (excluding diaryl/α,β-unsaturated/α-hetero) is 2. The van der Waals surface area contributed by atoms with Crippen LogP contribution in [0.25, 0.3) is 0 Å². The third-order valence-corrected chi connectivity index (χ3v) is 8.52. The minimum absolute atomic E-state index is 0. The molecule has 0 aliphatic carbocycles. The van der Waals surface area contributed by atoms with Gasteiger partial charge in [0.15, 0.2) is 0 Å². The van der Waals surface area contributed by atoms with Crippen LogP contribution in [-0.2, 0) is 86.5 Å². The van der Waals surface area contributed by atoms with Gasteiger partial charge in [-0.15, -0.1) is 20.3 Å². The van der Waals surface area contributed by atoms with E-state index in [-0.39, 0.29) is 99.9 Å². The van der Waals surface area contributed by atoms with Crippen LogP contribution >= 0.6 is 0 Å². The van der Waals surface area contributed by atoms with Gasteiger partial charge >= 0.3 is 23.9 Å². The van der Waals surface area contributed by atoms with Crippen molar-refractivity contribution in [3.8, 4) is 0 Å². The second-order valence-corrected chi connectivity index (χ2v) is 16.1. The first-order valence-corrected chi connectivity index (χ1v) is 20.0. The smallest absolute Gasteiger partial charge is 0.330 e. The Bertz CT molecular complexity index is 1770. The van der Waals surface area contributed by atoms with Crippen molar-refractivity contribution >= 4 is 82.7 Å². The van der Waals surface area contributed by atoms with E-state index in [0.29, 0.717) is 20.3 Å². The lowest BCUT2D eigenvalue weighted by molar-refractivity contribution is -0.198. The van der Waals surface area contributed by atoms with Crippen LogP contribution in [0.15, 0.2) is 0 Å². The van der Waals surface area contributed by atoms with Crippen molar-refractivity contribution in [3.05, 3.63) is 0 Å². The Kier molecular flexibility index (Phi) is 23.7. The Morgan fingerprint density at radius 1 is 0.444 bits per heavy atom. The van der Waals surface area contributed by atoms with Crippen molar-refractivity contribution in [2.45, 2.75) is 141 Å². The average molecular weight is 897 g/mol. The van der Waals surface area contributed by atoms with Crippen molar-refractivity contribution < 1.29 is 86.5 Å². The molecular weight excluding hydrogens is 836 g/mol. The van der Waals surface area contributed by atoms with Crippen molar-refractivity contribution in [2.75, 3.05) is 0 Å². The second kappa shape index (κ2) is 26.3. The highest BCUT2D eigenvalue weighted by Crippen LogP contribution is 2.21. The first-order chi connectivity index (χ1) is 28.7. The molecule has 4 rings (SSSR count). The van der Waals surface area contributed by atoms with Crippen LogP contribution in [0, 0.1) is 35.5 Å². The Labute approximate surface area is 365 Å². The van der Waals surface area contributed by atoms with Crippen LogP contribution in [0.3, 0.4) is 0 Å². The van der Waals surface area contributed by atoms with Crippen LogP contribution in [0.5, 0.6) is 0 Å². The molecule has 0 saturated carbocycles. The van der Waals surface area contributed by atoms with Crippen molar-refractivity contribution in [2.24, 2.45) is 35.5 Å². The monoisotopic (exact) mass is 896 g/mol. The highest BCUT2D eigenvalue weighted by Gasteiger charge is 2.40. The zero-order valence-corrected chi connectivity index (χ0v) is 36.7. The topological polar surface area (TPSA) is 289 Å². The molecule has 8 amide bonds. The number of imide groups is 4.